The Morgan fingerprint density at radius 3 is 2.24 bits per heavy atom. The molecular formula is C15H31NO. The fourth-order valence-electron chi connectivity index (χ4n) is 2.36. The largest absolute Gasteiger partial charge is 0.374 e. The monoisotopic (exact) mass is 241 g/mol. The van der Waals surface area contributed by atoms with Crippen molar-refractivity contribution in [3.8, 4) is 0 Å². The summed E-state index contributed by atoms with van der Waals surface area (Å²) in [7, 11) is 0. The molecule has 0 aromatic rings. The molecule has 0 aromatic carbocycles. The van der Waals surface area contributed by atoms with Gasteiger partial charge in [-0.3, -0.25) is 0 Å². The molecule has 2 nitrogen and oxygen atoms in total. The normalized spacial score (nSPS) is 20.1. The first-order valence-corrected chi connectivity index (χ1v) is 7.20. The van der Waals surface area contributed by atoms with Crippen LogP contribution in [0.25, 0.3) is 0 Å². The summed E-state index contributed by atoms with van der Waals surface area (Å²) in [6.07, 6.45) is 6.27. The van der Waals surface area contributed by atoms with Gasteiger partial charge in [-0.05, 0) is 24.7 Å². The van der Waals surface area contributed by atoms with Crippen molar-refractivity contribution in [2.45, 2.75) is 78.4 Å². The molecule has 0 heterocycles. The molecule has 0 unspecified atom stereocenters. The van der Waals surface area contributed by atoms with Crippen LogP contribution in [0.15, 0.2) is 0 Å². The van der Waals surface area contributed by atoms with Gasteiger partial charge in [0.25, 0.3) is 0 Å². The van der Waals surface area contributed by atoms with Crippen LogP contribution < -0.4 is 5.32 Å². The van der Waals surface area contributed by atoms with Gasteiger partial charge in [0.15, 0.2) is 0 Å². The topological polar surface area (TPSA) is 21.3 Å². The molecule has 2 heteroatoms. The van der Waals surface area contributed by atoms with Crippen molar-refractivity contribution in [1.82, 2.24) is 5.32 Å². The number of hydrogen-bond acceptors (Lipinski definition) is 2. The van der Waals surface area contributed by atoms with Crippen LogP contribution >= 0.6 is 0 Å². The highest BCUT2D eigenvalue weighted by atomic mass is 16.5. The van der Waals surface area contributed by atoms with E-state index in [9.17, 15) is 0 Å². The fourth-order valence-corrected chi connectivity index (χ4v) is 2.36. The lowest BCUT2D eigenvalue weighted by molar-refractivity contribution is -0.0488. The highest BCUT2D eigenvalue weighted by Gasteiger charge is 2.34. The average molecular weight is 241 g/mol. The SMILES string of the molecule is CC(C)NCC1(OCCC(C)(C)C)CCCC1. The third-order valence-corrected chi connectivity index (χ3v) is 3.61. The van der Waals surface area contributed by atoms with Gasteiger partial charge in [-0.25, -0.2) is 0 Å². The molecule has 1 N–H and O–H groups in total. The van der Waals surface area contributed by atoms with Crippen molar-refractivity contribution in [2.24, 2.45) is 5.41 Å². The number of rotatable bonds is 6. The highest BCUT2D eigenvalue weighted by Crippen LogP contribution is 2.33. The minimum Gasteiger partial charge on any atom is -0.374 e. The van der Waals surface area contributed by atoms with E-state index in [0.29, 0.717) is 11.5 Å². The maximum atomic E-state index is 6.25. The van der Waals surface area contributed by atoms with Crippen molar-refractivity contribution >= 4 is 0 Å². The van der Waals surface area contributed by atoms with Gasteiger partial charge < -0.3 is 10.1 Å². The predicted octanol–water partition coefficient (Wildman–Crippen LogP) is 3.75. The molecule has 1 saturated carbocycles. The molecule has 0 radical (unpaired) electrons. The molecule has 0 amide bonds. The number of nitrogens with one attached hydrogen (secondary N) is 1. The Morgan fingerprint density at radius 1 is 1.18 bits per heavy atom. The zero-order valence-electron chi connectivity index (χ0n) is 12.4. The number of ether oxygens (including phenoxy) is 1. The Hall–Kier alpha value is -0.0800. The van der Waals surface area contributed by atoms with Gasteiger partial charge in [-0.15, -0.1) is 0 Å². The second-order valence-electron chi connectivity index (χ2n) is 7.08. The summed E-state index contributed by atoms with van der Waals surface area (Å²) >= 11 is 0. The summed E-state index contributed by atoms with van der Waals surface area (Å²) in [6, 6.07) is 0.554. The molecule has 0 aromatic heterocycles. The Bertz CT molecular complexity index is 211. The van der Waals surface area contributed by atoms with Crippen LogP contribution in [-0.2, 0) is 4.74 Å². The van der Waals surface area contributed by atoms with Crippen LogP contribution in [0.4, 0.5) is 0 Å². The second-order valence-corrected chi connectivity index (χ2v) is 7.08. The Kier molecular flexibility index (Phi) is 5.46. The molecule has 0 aliphatic heterocycles. The molecule has 1 rings (SSSR count). The molecule has 0 atom stereocenters. The van der Waals surface area contributed by atoms with Crippen LogP contribution in [0.5, 0.6) is 0 Å². The molecule has 17 heavy (non-hydrogen) atoms. The van der Waals surface area contributed by atoms with E-state index in [2.05, 4.69) is 39.9 Å². The van der Waals surface area contributed by atoms with Gasteiger partial charge in [0.2, 0.25) is 0 Å². The average Bonchev–Trinajstić information content (AvgIpc) is 2.62. The van der Waals surface area contributed by atoms with Crippen LogP contribution in [0.1, 0.15) is 66.7 Å². The van der Waals surface area contributed by atoms with E-state index in [0.717, 1.165) is 19.6 Å². The standard InChI is InChI=1S/C15H31NO/c1-13(2)16-12-15(8-6-7-9-15)17-11-10-14(3,4)5/h13,16H,6-12H2,1-5H3. The van der Waals surface area contributed by atoms with Crippen molar-refractivity contribution in [2.75, 3.05) is 13.2 Å². The lowest BCUT2D eigenvalue weighted by Crippen LogP contribution is -2.43. The first-order chi connectivity index (χ1) is 7.83. The van der Waals surface area contributed by atoms with Gasteiger partial charge >= 0.3 is 0 Å². The van der Waals surface area contributed by atoms with Gasteiger partial charge in [0.1, 0.15) is 0 Å². The minimum absolute atomic E-state index is 0.134. The summed E-state index contributed by atoms with van der Waals surface area (Å²) in [6.45, 7) is 13.2. The van der Waals surface area contributed by atoms with E-state index < -0.39 is 0 Å². The summed E-state index contributed by atoms with van der Waals surface area (Å²) in [5.41, 5.74) is 0.515. The third kappa shape index (κ3) is 5.87. The summed E-state index contributed by atoms with van der Waals surface area (Å²) in [4.78, 5) is 0. The number of hydrogen-bond donors (Lipinski definition) is 1. The maximum Gasteiger partial charge on any atom is 0.0806 e. The highest BCUT2D eigenvalue weighted by molar-refractivity contribution is 4.89. The quantitative estimate of drug-likeness (QED) is 0.764. The van der Waals surface area contributed by atoms with Crippen LogP contribution in [-0.4, -0.2) is 24.8 Å². The lowest BCUT2D eigenvalue weighted by Gasteiger charge is -2.32. The Morgan fingerprint density at radius 2 is 1.76 bits per heavy atom. The van der Waals surface area contributed by atoms with Crippen molar-refractivity contribution in [1.29, 1.82) is 0 Å². The molecule has 0 spiro atoms. The van der Waals surface area contributed by atoms with E-state index in [1.54, 1.807) is 0 Å². The van der Waals surface area contributed by atoms with Crippen LogP contribution in [0.3, 0.4) is 0 Å². The van der Waals surface area contributed by atoms with Crippen molar-refractivity contribution < 1.29 is 4.74 Å². The van der Waals surface area contributed by atoms with E-state index in [4.69, 9.17) is 4.74 Å². The van der Waals surface area contributed by atoms with E-state index in [1.165, 1.54) is 25.7 Å². The maximum absolute atomic E-state index is 6.25. The molecule has 1 aliphatic rings. The van der Waals surface area contributed by atoms with Gasteiger partial charge in [-0.2, -0.15) is 0 Å². The van der Waals surface area contributed by atoms with E-state index >= 15 is 0 Å². The second kappa shape index (κ2) is 6.19. The molecule has 0 saturated heterocycles. The molecule has 1 fully saturated rings. The van der Waals surface area contributed by atoms with Crippen LogP contribution in [0.2, 0.25) is 0 Å². The Balaban J connectivity index is 2.37. The smallest absolute Gasteiger partial charge is 0.0806 e. The van der Waals surface area contributed by atoms with E-state index in [1.807, 2.05) is 0 Å². The summed E-state index contributed by atoms with van der Waals surface area (Å²) in [5, 5.41) is 3.55. The first-order valence-electron chi connectivity index (χ1n) is 7.20. The minimum atomic E-state index is 0.134. The molecular weight excluding hydrogens is 210 g/mol. The summed E-state index contributed by atoms with van der Waals surface area (Å²) < 4.78 is 6.25. The van der Waals surface area contributed by atoms with E-state index in [-0.39, 0.29) is 5.60 Å². The zero-order chi connectivity index (χ0) is 12.9. The Labute approximate surface area is 108 Å². The molecule has 1 aliphatic carbocycles. The van der Waals surface area contributed by atoms with Crippen molar-refractivity contribution in [3.63, 3.8) is 0 Å². The van der Waals surface area contributed by atoms with Gasteiger partial charge in [0, 0.05) is 19.2 Å². The zero-order valence-corrected chi connectivity index (χ0v) is 12.4. The predicted molar refractivity (Wildman–Crippen MR) is 74.4 cm³/mol. The van der Waals surface area contributed by atoms with Crippen LogP contribution in [0, 0.1) is 5.41 Å². The first kappa shape index (κ1) is 15.0. The van der Waals surface area contributed by atoms with Crippen molar-refractivity contribution in [3.05, 3.63) is 0 Å². The van der Waals surface area contributed by atoms with Gasteiger partial charge in [-0.1, -0.05) is 47.5 Å². The molecule has 102 valence electrons. The summed E-state index contributed by atoms with van der Waals surface area (Å²) in [5.74, 6) is 0. The lowest BCUT2D eigenvalue weighted by atomic mass is 9.92. The van der Waals surface area contributed by atoms with Gasteiger partial charge in [0.05, 0.1) is 5.60 Å². The third-order valence-electron chi connectivity index (χ3n) is 3.61. The fraction of sp³-hybridized carbons (Fsp3) is 1.00. The molecule has 0 bridgehead atoms.